The summed E-state index contributed by atoms with van der Waals surface area (Å²) in [7, 11) is 0. The molecule has 0 bridgehead atoms. The van der Waals surface area contributed by atoms with Crippen molar-refractivity contribution in [1.82, 2.24) is 0 Å². The molecule has 1 aliphatic rings. The van der Waals surface area contributed by atoms with Crippen molar-refractivity contribution in [1.29, 1.82) is 0 Å². The molecule has 0 aliphatic heterocycles. The van der Waals surface area contributed by atoms with Gasteiger partial charge in [-0.2, -0.15) is 0 Å². The number of alkyl halides is 1. The summed E-state index contributed by atoms with van der Waals surface area (Å²) in [5.74, 6) is 0.990. The lowest BCUT2D eigenvalue weighted by Crippen LogP contribution is -2.26. The molecule has 1 saturated carbocycles. The van der Waals surface area contributed by atoms with Crippen LogP contribution in [0.3, 0.4) is 0 Å². The summed E-state index contributed by atoms with van der Waals surface area (Å²) in [5, 5.41) is 1.06. The Kier molecular flexibility index (Phi) is 3.68. The first-order valence-electron chi connectivity index (χ1n) is 5.58. The van der Waals surface area contributed by atoms with Gasteiger partial charge < -0.3 is 4.74 Å². The number of halogens is 1. The fraction of sp³-hybridized carbons (Fsp3) is 0.538. The van der Waals surface area contributed by atoms with E-state index in [1.807, 2.05) is 30.3 Å². The first kappa shape index (κ1) is 11.0. The Morgan fingerprint density at radius 3 is 2.40 bits per heavy atom. The minimum absolute atomic E-state index is 0.385. The maximum atomic E-state index is 5.85. The molecule has 1 nitrogen and oxygen atoms in total. The SMILES string of the molecule is BrCC1(COc2ccccc2)CCCC1. The van der Waals surface area contributed by atoms with Crippen molar-refractivity contribution in [2.24, 2.45) is 5.41 Å². The number of hydrogen-bond acceptors (Lipinski definition) is 1. The lowest BCUT2D eigenvalue weighted by atomic mass is 9.90. The average Bonchev–Trinajstić information content (AvgIpc) is 2.77. The first-order chi connectivity index (χ1) is 7.35. The second kappa shape index (κ2) is 5.02. The molecule has 2 rings (SSSR count). The molecule has 0 aromatic heterocycles. The van der Waals surface area contributed by atoms with Crippen molar-refractivity contribution in [2.45, 2.75) is 25.7 Å². The minimum atomic E-state index is 0.385. The van der Waals surface area contributed by atoms with E-state index < -0.39 is 0 Å². The van der Waals surface area contributed by atoms with Gasteiger partial charge in [0, 0.05) is 10.7 Å². The Balaban J connectivity index is 1.92. The normalized spacial score (nSPS) is 19.0. The zero-order chi connectivity index (χ0) is 10.6. The van der Waals surface area contributed by atoms with E-state index in [9.17, 15) is 0 Å². The number of para-hydroxylation sites is 1. The van der Waals surface area contributed by atoms with Gasteiger partial charge in [-0.1, -0.05) is 47.0 Å². The topological polar surface area (TPSA) is 9.23 Å². The maximum Gasteiger partial charge on any atom is 0.119 e. The summed E-state index contributed by atoms with van der Waals surface area (Å²) < 4.78 is 5.85. The van der Waals surface area contributed by atoms with Crippen molar-refractivity contribution in [2.75, 3.05) is 11.9 Å². The van der Waals surface area contributed by atoms with E-state index in [1.54, 1.807) is 0 Å². The van der Waals surface area contributed by atoms with E-state index in [-0.39, 0.29) is 0 Å². The fourth-order valence-electron chi connectivity index (χ4n) is 2.19. The Morgan fingerprint density at radius 2 is 1.80 bits per heavy atom. The summed E-state index contributed by atoms with van der Waals surface area (Å²) >= 11 is 3.63. The summed E-state index contributed by atoms with van der Waals surface area (Å²) in [4.78, 5) is 0. The molecular weight excluding hydrogens is 252 g/mol. The van der Waals surface area contributed by atoms with E-state index in [2.05, 4.69) is 15.9 Å². The minimum Gasteiger partial charge on any atom is -0.493 e. The largest absolute Gasteiger partial charge is 0.493 e. The quantitative estimate of drug-likeness (QED) is 0.750. The van der Waals surface area contributed by atoms with E-state index in [0.717, 1.165) is 17.7 Å². The number of rotatable bonds is 4. The highest BCUT2D eigenvalue weighted by Gasteiger charge is 2.33. The van der Waals surface area contributed by atoms with Crippen molar-refractivity contribution in [3.63, 3.8) is 0 Å². The van der Waals surface area contributed by atoms with Gasteiger partial charge in [0.15, 0.2) is 0 Å². The molecule has 15 heavy (non-hydrogen) atoms. The average molecular weight is 269 g/mol. The van der Waals surface area contributed by atoms with Gasteiger partial charge in [0.2, 0.25) is 0 Å². The standard InChI is InChI=1S/C13H17BrO/c14-10-13(8-4-5-9-13)11-15-12-6-2-1-3-7-12/h1-3,6-7H,4-5,8-11H2. The Hall–Kier alpha value is -0.500. The van der Waals surface area contributed by atoms with Gasteiger partial charge in [0.1, 0.15) is 5.75 Å². The van der Waals surface area contributed by atoms with Crippen LogP contribution in [0.25, 0.3) is 0 Å². The summed E-state index contributed by atoms with van der Waals surface area (Å²) in [6.07, 6.45) is 5.30. The van der Waals surface area contributed by atoms with Crippen LogP contribution in [-0.4, -0.2) is 11.9 Å². The van der Waals surface area contributed by atoms with Gasteiger partial charge in [-0.15, -0.1) is 0 Å². The van der Waals surface area contributed by atoms with Gasteiger partial charge in [0.25, 0.3) is 0 Å². The van der Waals surface area contributed by atoms with E-state index in [1.165, 1.54) is 25.7 Å². The van der Waals surface area contributed by atoms with Gasteiger partial charge in [0.05, 0.1) is 6.61 Å². The van der Waals surface area contributed by atoms with Gasteiger partial charge in [-0.3, -0.25) is 0 Å². The van der Waals surface area contributed by atoms with Crippen molar-refractivity contribution < 1.29 is 4.74 Å². The predicted molar refractivity (Wildman–Crippen MR) is 66.6 cm³/mol. The van der Waals surface area contributed by atoms with Gasteiger partial charge in [-0.25, -0.2) is 0 Å². The molecule has 2 heteroatoms. The molecule has 0 atom stereocenters. The lowest BCUT2D eigenvalue weighted by Gasteiger charge is -2.26. The highest BCUT2D eigenvalue weighted by atomic mass is 79.9. The molecule has 0 heterocycles. The molecule has 0 spiro atoms. The van der Waals surface area contributed by atoms with Crippen molar-refractivity contribution in [3.05, 3.63) is 30.3 Å². The monoisotopic (exact) mass is 268 g/mol. The zero-order valence-corrected chi connectivity index (χ0v) is 10.5. The number of benzene rings is 1. The van der Waals surface area contributed by atoms with Gasteiger partial charge in [-0.05, 0) is 25.0 Å². The smallest absolute Gasteiger partial charge is 0.119 e. The third kappa shape index (κ3) is 2.75. The summed E-state index contributed by atoms with van der Waals surface area (Å²) in [5.41, 5.74) is 0.385. The molecule has 0 radical (unpaired) electrons. The van der Waals surface area contributed by atoms with E-state index in [0.29, 0.717) is 5.41 Å². The second-order valence-corrected chi connectivity index (χ2v) is 5.00. The van der Waals surface area contributed by atoms with Crippen LogP contribution >= 0.6 is 15.9 Å². The van der Waals surface area contributed by atoms with Crippen LogP contribution in [0.15, 0.2) is 30.3 Å². The molecular formula is C13H17BrO. The Bertz CT molecular complexity index is 291. The Morgan fingerprint density at radius 1 is 1.13 bits per heavy atom. The molecule has 0 saturated heterocycles. The van der Waals surface area contributed by atoms with Crippen LogP contribution < -0.4 is 4.74 Å². The number of hydrogen-bond donors (Lipinski definition) is 0. The first-order valence-corrected chi connectivity index (χ1v) is 6.71. The lowest BCUT2D eigenvalue weighted by molar-refractivity contribution is 0.174. The highest BCUT2D eigenvalue weighted by Crippen LogP contribution is 2.39. The van der Waals surface area contributed by atoms with E-state index >= 15 is 0 Å². The molecule has 1 aromatic rings. The zero-order valence-electron chi connectivity index (χ0n) is 8.92. The van der Waals surface area contributed by atoms with Crippen LogP contribution in [-0.2, 0) is 0 Å². The molecule has 1 aromatic carbocycles. The van der Waals surface area contributed by atoms with Gasteiger partial charge >= 0.3 is 0 Å². The van der Waals surface area contributed by atoms with Crippen molar-refractivity contribution in [3.8, 4) is 5.75 Å². The van der Waals surface area contributed by atoms with E-state index in [4.69, 9.17) is 4.74 Å². The third-order valence-electron chi connectivity index (χ3n) is 3.24. The number of ether oxygens (including phenoxy) is 1. The van der Waals surface area contributed by atoms with Crippen molar-refractivity contribution >= 4 is 15.9 Å². The molecule has 0 unspecified atom stereocenters. The van der Waals surface area contributed by atoms with Crippen LogP contribution in [0.1, 0.15) is 25.7 Å². The van der Waals surface area contributed by atoms with Crippen LogP contribution in [0, 0.1) is 5.41 Å². The molecule has 0 N–H and O–H groups in total. The Labute approximate surface area is 100.0 Å². The third-order valence-corrected chi connectivity index (χ3v) is 4.43. The predicted octanol–water partition coefficient (Wildman–Crippen LogP) is 4.02. The molecule has 82 valence electrons. The van der Waals surface area contributed by atoms with Crippen LogP contribution in [0.4, 0.5) is 0 Å². The highest BCUT2D eigenvalue weighted by molar-refractivity contribution is 9.09. The maximum absolute atomic E-state index is 5.85. The molecule has 0 amide bonds. The van der Waals surface area contributed by atoms with Crippen LogP contribution in [0.2, 0.25) is 0 Å². The molecule has 1 aliphatic carbocycles. The fourth-order valence-corrected chi connectivity index (χ4v) is 2.92. The van der Waals surface area contributed by atoms with Crippen LogP contribution in [0.5, 0.6) is 5.75 Å². The summed E-state index contributed by atoms with van der Waals surface area (Å²) in [6.45, 7) is 0.849. The summed E-state index contributed by atoms with van der Waals surface area (Å²) in [6, 6.07) is 10.1. The molecule has 1 fully saturated rings. The second-order valence-electron chi connectivity index (χ2n) is 4.44.